The molecule has 0 amide bonds. The van der Waals surface area contributed by atoms with Gasteiger partial charge in [-0.3, -0.25) is 4.79 Å². The molecule has 0 unspecified atom stereocenters. The third-order valence-corrected chi connectivity index (χ3v) is 1.67. The van der Waals surface area contributed by atoms with Crippen molar-refractivity contribution < 1.29 is 32.2 Å². The van der Waals surface area contributed by atoms with E-state index < -0.39 is 34.9 Å². The van der Waals surface area contributed by atoms with Crippen molar-refractivity contribution in [3.8, 4) is 0 Å². The molecule has 0 aromatic heterocycles. The molecule has 1 aliphatic rings. The normalized spacial score (nSPS) is 22.0. The summed E-state index contributed by atoms with van der Waals surface area (Å²) in [6.07, 6.45) is 0. The van der Waals surface area contributed by atoms with Crippen LogP contribution >= 0.6 is 0 Å². The van der Waals surface area contributed by atoms with Gasteiger partial charge in [-0.25, -0.2) is 8.78 Å². The molecule has 0 heterocycles. The molecule has 0 aliphatic heterocycles. The molecular formula is C7H4F4O3. The van der Waals surface area contributed by atoms with Crippen LogP contribution < -0.4 is 0 Å². The van der Waals surface area contributed by atoms with Crippen molar-refractivity contribution in [3.63, 3.8) is 0 Å². The predicted octanol–water partition coefficient (Wildman–Crippen LogP) is 1.21. The van der Waals surface area contributed by atoms with E-state index in [0.717, 1.165) is 0 Å². The summed E-state index contributed by atoms with van der Waals surface area (Å²) in [4.78, 5) is 10.4. The molecule has 0 spiro atoms. The predicted molar refractivity (Wildman–Crippen MR) is 35.4 cm³/mol. The number of carbonyl (C=O) groups is 1. The van der Waals surface area contributed by atoms with Gasteiger partial charge in [-0.15, -0.1) is 0 Å². The van der Waals surface area contributed by atoms with Gasteiger partial charge in [-0.1, -0.05) is 0 Å². The van der Waals surface area contributed by atoms with Crippen LogP contribution in [0.15, 0.2) is 23.3 Å². The Bertz CT molecular complexity index is 330. The van der Waals surface area contributed by atoms with Gasteiger partial charge in [-0.05, 0) is 0 Å². The zero-order chi connectivity index (χ0) is 11.1. The van der Waals surface area contributed by atoms with Crippen LogP contribution in [0.1, 0.15) is 0 Å². The van der Waals surface area contributed by atoms with Gasteiger partial charge in [0.1, 0.15) is 0 Å². The number of aliphatic hydroxyl groups is 1. The lowest BCUT2D eigenvalue weighted by atomic mass is 10.0. The lowest BCUT2D eigenvalue weighted by Crippen LogP contribution is -2.38. The molecule has 0 aromatic rings. The van der Waals surface area contributed by atoms with Crippen molar-refractivity contribution in [2.45, 2.75) is 5.79 Å². The fourth-order valence-corrected chi connectivity index (χ4v) is 0.869. The van der Waals surface area contributed by atoms with Gasteiger partial charge in [-0.2, -0.15) is 8.78 Å². The summed E-state index contributed by atoms with van der Waals surface area (Å²) >= 11 is 0. The molecule has 3 nitrogen and oxygen atoms in total. The molecule has 0 saturated carbocycles. The van der Waals surface area contributed by atoms with Crippen molar-refractivity contribution >= 4 is 5.78 Å². The second-order valence-electron chi connectivity index (χ2n) is 2.43. The average molecular weight is 212 g/mol. The van der Waals surface area contributed by atoms with Gasteiger partial charge >= 0.3 is 0 Å². The number of ketones is 1. The summed E-state index contributed by atoms with van der Waals surface area (Å²) < 4.78 is 54.5. The minimum absolute atomic E-state index is 0.621. The first kappa shape index (κ1) is 10.9. The summed E-state index contributed by atoms with van der Waals surface area (Å²) in [5.41, 5.74) is 0. The van der Waals surface area contributed by atoms with Crippen molar-refractivity contribution in [1.82, 2.24) is 0 Å². The van der Waals surface area contributed by atoms with Crippen LogP contribution in [0.3, 0.4) is 0 Å². The van der Waals surface area contributed by atoms with E-state index in [9.17, 15) is 22.4 Å². The largest absolute Gasteiger partial charge is 0.354 e. The molecule has 0 aromatic carbocycles. The van der Waals surface area contributed by atoms with Gasteiger partial charge in [0.25, 0.3) is 11.6 Å². The number of hydrogen-bond acceptors (Lipinski definition) is 3. The van der Waals surface area contributed by atoms with Crippen molar-refractivity contribution in [2.24, 2.45) is 0 Å². The minimum atomic E-state index is -3.48. The van der Waals surface area contributed by atoms with E-state index in [2.05, 4.69) is 4.74 Å². The molecule has 14 heavy (non-hydrogen) atoms. The summed E-state index contributed by atoms with van der Waals surface area (Å²) in [6.45, 7) is 0. The lowest BCUT2D eigenvalue weighted by Gasteiger charge is -2.25. The number of halogens is 4. The van der Waals surface area contributed by atoms with E-state index in [1.54, 1.807) is 0 Å². The third kappa shape index (κ3) is 1.17. The molecule has 78 valence electrons. The first-order valence-corrected chi connectivity index (χ1v) is 3.30. The maximum absolute atomic E-state index is 12.8. The molecule has 0 atom stereocenters. The third-order valence-electron chi connectivity index (χ3n) is 1.67. The smallest absolute Gasteiger partial charge is 0.280 e. The highest BCUT2D eigenvalue weighted by Gasteiger charge is 2.50. The Labute approximate surface area is 75.3 Å². The average Bonchev–Trinajstić information content (AvgIpc) is 2.21. The van der Waals surface area contributed by atoms with Crippen LogP contribution in [0.4, 0.5) is 17.6 Å². The maximum Gasteiger partial charge on any atom is 0.280 e. The van der Waals surface area contributed by atoms with Crippen molar-refractivity contribution in [2.75, 3.05) is 7.11 Å². The summed E-state index contributed by atoms with van der Waals surface area (Å²) in [5, 5.41) is 8.96. The topological polar surface area (TPSA) is 46.5 Å². The minimum Gasteiger partial charge on any atom is -0.354 e. The van der Waals surface area contributed by atoms with Crippen LogP contribution in [0, 0.1) is 0 Å². The Hall–Kier alpha value is -1.21. The maximum atomic E-state index is 12.8. The Kier molecular flexibility index (Phi) is 2.47. The highest BCUT2D eigenvalue weighted by Crippen LogP contribution is 2.39. The van der Waals surface area contributed by atoms with Gasteiger partial charge < -0.3 is 9.84 Å². The lowest BCUT2D eigenvalue weighted by molar-refractivity contribution is -0.159. The van der Waals surface area contributed by atoms with Crippen LogP contribution in [0.25, 0.3) is 0 Å². The number of methoxy groups -OCH3 is 1. The Balaban J connectivity index is 3.41. The summed E-state index contributed by atoms with van der Waals surface area (Å²) in [7, 11) is 0.621. The van der Waals surface area contributed by atoms with Crippen molar-refractivity contribution in [3.05, 3.63) is 23.3 Å². The molecule has 0 bridgehead atoms. The van der Waals surface area contributed by atoms with Gasteiger partial charge in [0.05, 0.1) is 0 Å². The van der Waals surface area contributed by atoms with Gasteiger partial charge in [0.2, 0.25) is 23.3 Å². The molecule has 0 radical (unpaired) electrons. The van der Waals surface area contributed by atoms with Crippen LogP contribution in [0.2, 0.25) is 0 Å². The number of Topliss-reactive ketones (excluding diaryl/α,β-unsaturated/α-hetero) is 1. The summed E-state index contributed by atoms with van der Waals surface area (Å²) in [5.74, 6) is -14.4. The highest BCUT2D eigenvalue weighted by molar-refractivity contribution is 6.07. The van der Waals surface area contributed by atoms with Gasteiger partial charge in [0.15, 0.2) is 0 Å². The van der Waals surface area contributed by atoms with E-state index in [-0.39, 0.29) is 0 Å². The first-order valence-electron chi connectivity index (χ1n) is 3.30. The second-order valence-corrected chi connectivity index (χ2v) is 2.43. The zero-order valence-corrected chi connectivity index (χ0v) is 6.78. The molecule has 1 aliphatic carbocycles. The molecular weight excluding hydrogens is 208 g/mol. The Morgan fingerprint density at radius 3 is 1.79 bits per heavy atom. The van der Waals surface area contributed by atoms with Crippen LogP contribution in [-0.2, 0) is 9.53 Å². The molecule has 0 fully saturated rings. The number of hydrogen-bond donors (Lipinski definition) is 1. The fraction of sp³-hybridized carbons (Fsp3) is 0.286. The van der Waals surface area contributed by atoms with Crippen LogP contribution in [-0.4, -0.2) is 23.8 Å². The number of ether oxygens (including phenoxy) is 1. The Morgan fingerprint density at radius 2 is 1.50 bits per heavy atom. The fourth-order valence-electron chi connectivity index (χ4n) is 0.869. The first-order chi connectivity index (χ1) is 6.36. The van der Waals surface area contributed by atoms with E-state index in [1.165, 1.54) is 0 Å². The molecule has 1 rings (SSSR count). The summed E-state index contributed by atoms with van der Waals surface area (Å²) in [6, 6.07) is 0. The van der Waals surface area contributed by atoms with E-state index in [1.807, 2.05) is 0 Å². The van der Waals surface area contributed by atoms with Gasteiger partial charge in [0, 0.05) is 7.11 Å². The van der Waals surface area contributed by atoms with E-state index in [4.69, 9.17) is 5.11 Å². The quantitative estimate of drug-likeness (QED) is 0.524. The molecule has 0 saturated heterocycles. The number of rotatable bonds is 1. The van der Waals surface area contributed by atoms with Crippen molar-refractivity contribution in [1.29, 1.82) is 0 Å². The SMILES string of the molecule is COC1(O)C(F)=C(F)C(=O)C(F)=C1F. The highest BCUT2D eigenvalue weighted by atomic mass is 19.2. The molecule has 7 heteroatoms. The van der Waals surface area contributed by atoms with Crippen LogP contribution in [0.5, 0.6) is 0 Å². The van der Waals surface area contributed by atoms with E-state index in [0.29, 0.717) is 7.11 Å². The standard InChI is InChI=1S/C7H4F4O3/c1-14-7(13)5(10)2(8)4(12)3(9)6(7)11/h13H,1H3. The monoisotopic (exact) mass is 212 g/mol. The van der Waals surface area contributed by atoms with E-state index >= 15 is 0 Å². The zero-order valence-electron chi connectivity index (χ0n) is 6.78. The second kappa shape index (κ2) is 3.18. The number of carbonyl (C=O) groups excluding carboxylic acids is 1. The Morgan fingerprint density at radius 1 is 1.14 bits per heavy atom. The number of allylic oxidation sites excluding steroid dienone is 2. The molecule has 1 N–H and O–H groups in total.